The molecule has 8 heteroatoms. The zero-order chi connectivity index (χ0) is 19.1. The van der Waals surface area contributed by atoms with E-state index in [1.165, 1.54) is 27.1 Å². The Morgan fingerprint density at radius 1 is 1.56 bits per heavy atom. The molecule has 1 amide bonds. The molecule has 4 rings (SSSR count). The summed E-state index contributed by atoms with van der Waals surface area (Å²) < 4.78 is 6.93. The van der Waals surface area contributed by atoms with Crippen LogP contribution in [-0.2, 0) is 19.4 Å². The maximum atomic E-state index is 12.9. The number of amides is 1. The van der Waals surface area contributed by atoms with Gasteiger partial charge in [-0.05, 0) is 32.1 Å². The van der Waals surface area contributed by atoms with Gasteiger partial charge in [-0.2, -0.15) is 0 Å². The molecular weight excluding hydrogens is 364 g/mol. The van der Waals surface area contributed by atoms with Gasteiger partial charge in [-0.1, -0.05) is 13.0 Å². The van der Waals surface area contributed by atoms with Crippen LogP contribution in [0.2, 0.25) is 0 Å². The predicted molar refractivity (Wildman–Crippen MR) is 104 cm³/mol. The first kappa shape index (κ1) is 17.7. The minimum Gasteiger partial charge on any atom is -0.442 e. The molecule has 1 aliphatic carbocycles. The third kappa shape index (κ3) is 3.10. The third-order valence-corrected chi connectivity index (χ3v) is 5.85. The fraction of sp³-hybridized carbons (Fsp3) is 0.368. The highest BCUT2D eigenvalue weighted by atomic mass is 32.1. The highest BCUT2D eigenvalue weighted by Crippen LogP contribution is 2.32. The van der Waals surface area contributed by atoms with Gasteiger partial charge in [0.25, 0.3) is 11.5 Å². The number of anilines is 1. The van der Waals surface area contributed by atoms with Crippen LogP contribution in [0, 0.1) is 12.8 Å². The number of allylic oxidation sites excluding steroid dienone is 1. The van der Waals surface area contributed by atoms with E-state index in [0.29, 0.717) is 23.4 Å². The second kappa shape index (κ2) is 6.77. The van der Waals surface area contributed by atoms with Gasteiger partial charge in [-0.25, -0.2) is 9.97 Å². The Balaban J connectivity index is 1.71. The van der Waals surface area contributed by atoms with Gasteiger partial charge in [0.2, 0.25) is 5.71 Å². The summed E-state index contributed by atoms with van der Waals surface area (Å²) in [6.07, 6.45) is 6.04. The summed E-state index contributed by atoms with van der Waals surface area (Å²) in [4.78, 5) is 35.6. The quantitative estimate of drug-likeness (QED) is 0.697. The molecule has 27 heavy (non-hydrogen) atoms. The van der Waals surface area contributed by atoms with E-state index in [1.807, 2.05) is 0 Å². The maximum Gasteiger partial charge on any atom is 0.265 e. The van der Waals surface area contributed by atoms with Crippen molar-refractivity contribution in [2.45, 2.75) is 39.7 Å². The lowest BCUT2D eigenvalue weighted by Gasteiger charge is -2.15. The van der Waals surface area contributed by atoms with Crippen LogP contribution in [0.25, 0.3) is 11.1 Å². The number of aryl methyl sites for hydroxylation is 2. The Kier molecular flexibility index (Phi) is 4.43. The first-order valence-corrected chi connectivity index (χ1v) is 9.69. The minimum atomic E-state index is -0.402. The summed E-state index contributed by atoms with van der Waals surface area (Å²) in [7, 11) is 0. The van der Waals surface area contributed by atoms with Crippen molar-refractivity contribution >= 4 is 33.5 Å². The van der Waals surface area contributed by atoms with Gasteiger partial charge in [0.15, 0.2) is 5.13 Å². The van der Waals surface area contributed by atoms with E-state index >= 15 is 0 Å². The molecule has 0 bridgehead atoms. The van der Waals surface area contributed by atoms with Crippen LogP contribution in [-0.4, -0.2) is 20.4 Å². The molecule has 0 saturated carbocycles. The van der Waals surface area contributed by atoms with Gasteiger partial charge < -0.3 is 4.42 Å². The van der Waals surface area contributed by atoms with E-state index in [1.54, 1.807) is 13.0 Å². The number of carbonyl (C=O) groups excluding carboxylic acids is 1. The van der Waals surface area contributed by atoms with Crippen LogP contribution in [0.15, 0.2) is 28.2 Å². The Bertz CT molecular complexity index is 1110. The Morgan fingerprint density at radius 2 is 2.37 bits per heavy atom. The highest BCUT2D eigenvalue weighted by molar-refractivity contribution is 7.15. The summed E-state index contributed by atoms with van der Waals surface area (Å²) in [6, 6.07) is 0. The molecule has 0 aliphatic heterocycles. The minimum absolute atomic E-state index is 0.162. The SMILES string of the molecule is C=CCn1cnc2oc(C)c(C(=O)Nc3nc4c(s3)CC(C)CC4)c2c1=O. The number of rotatable bonds is 4. The number of furan rings is 1. The third-order valence-electron chi connectivity index (χ3n) is 4.81. The van der Waals surface area contributed by atoms with Crippen LogP contribution < -0.4 is 10.9 Å². The largest absolute Gasteiger partial charge is 0.442 e. The van der Waals surface area contributed by atoms with Crippen LogP contribution in [0.3, 0.4) is 0 Å². The number of hydrogen-bond donors (Lipinski definition) is 1. The highest BCUT2D eigenvalue weighted by Gasteiger charge is 2.25. The van der Waals surface area contributed by atoms with Gasteiger partial charge in [-0.3, -0.25) is 19.5 Å². The topological polar surface area (TPSA) is 90.0 Å². The van der Waals surface area contributed by atoms with Crippen molar-refractivity contribution in [1.29, 1.82) is 0 Å². The van der Waals surface area contributed by atoms with E-state index in [0.717, 1.165) is 25.0 Å². The predicted octanol–water partition coefficient (Wildman–Crippen LogP) is 3.32. The molecule has 3 aromatic heterocycles. The van der Waals surface area contributed by atoms with E-state index in [9.17, 15) is 9.59 Å². The summed E-state index contributed by atoms with van der Waals surface area (Å²) in [5, 5.41) is 3.58. The zero-order valence-corrected chi connectivity index (χ0v) is 16.1. The molecule has 7 nitrogen and oxygen atoms in total. The second-order valence-corrected chi connectivity index (χ2v) is 7.98. The number of hydrogen-bond acceptors (Lipinski definition) is 6. The molecular formula is C19H20N4O3S. The van der Waals surface area contributed by atoms with Gasteiger partial charge in [0, 0.05) is 11.4 Å². The Hall–Kier alpha value is -2.74. The van der Waals surface area contributed by atoms with Crippen molar-refractivity contribution in [2.24, 2.45) is 5.92 Å². The van der Waals surface area contributed by atoms with Crippen molar-refractivity contribution < 1.29 is 9.21 Å². The molecule has 3 heterocycles. The van der Waals surface area contributed by atoms with Crippen molar-refractivity contribution in [3.63, 3.8) is 0 Å². The molecule has 1 aliphatic rings. The average Bonchev–Trinajstić information content (AvgIpc) is 3.17. The molecule has 0 radical (unpaired) electrons. The normalized spacial score (nSPS) is 16.3. The smallest absolute Gasteiger partial charge is 0.265 e. The number of aromatic nitrogens is 3. The zero-order valence-electron chi connectivity index (χ0n) is 15.2. The Morgan fingerprint density at radius 3 is 3.15 bits per heavy atom. The molecule has 1 atom stereocenters. The van der Waals surface area contributed by atoms with Gasteiger partial charge in [0.05, 0.1) is 11.3 Å². The average molecular weight is 384 g/mol. The number of nitrogens with zero attached hydrogens (tertiary/aromatic N) is 3. The lowest BCUT2D eigenvalue weighted by molar-refractivity contribution is 0.102. The molecule has 0 spiro atoms. The first-order chi connectivity index (χ1) is 13.0. The van der Waals surface area contributed by atoms with Crippen molar-refractivity contribution in [3.05, 3.63) is 51.2 Å². The standard InChI is InChI=1S/C19H20N4O3S/c1-4-7-23-9-20-17-15(18(23)25)14(11(3)26-17)16(24)22-19-21-12-6-5-10(2)8-13(12)27-19/h4,9-10H,1,5-8H2,2-3H3,(H,21,22,24). The van der Waals surface area contributed by atoms with E-state index in [4.69, 9.17) is 4.42 Å². The van der Waals surface area contributed by atoms with Crippen LogP contribution >= 0.6 is 11.3 Å². The van der Waals surface area contributed by atoms with E-state index in [2.05, 4.69) is 28.8 Å². The monoisotopic (exact) mass is 384 g/mol. The number of thiazole rings is 1. The summed E-state index contributed by atoms with van der Waals surface area (Å²) >= 11 is 1.51. The second-order valence-electron chi connectivity index (χ2n) is 6.90. The molecule has 140 valence electrons. The van der Waals surface area contributed by atoms with Crippen LogP contribution in [0.4, 0.5) is 5.13 Å². The molecule has 1 unspecified atom stereocenters. The summed E-state index contributed by atoms with van der Waals surface area (Å²) in [6.45, 7) is 7.83. The number of nitrogens with one attached hydrogen (secondary N) is 1. The fourth-order valence-corrected chi connectivity index (χ4v) is 4.60. The molecule has 3 aromatic rings. The fourth-order valence-electron chi connectivity index (χ4n) is 3.43. The van der Waals surface area contributed by atoms with Gasteiger partial charge in [0.1, 0.15) is 17.5 Å². The molecule has 0 aromatic carbocycles. The number of fused-ring (bicyclic) bond motifs is 2. The van der Waals surface area contributed by atoms with Crippen LogP contribution in [0.1, 0.15) is 40.0 Å². The van der Waals surface area contributed by atoms with Crippen molar-refractivity contribution in [3.8, 4) is 0 Å². The lowest BCUT2D eigenvalue weighted by atomic mass is 9.93. The molecule has 1 N–H and O–H groups in total. The summed E-state index contributed by atoms with van der Waals surface area (Å²) in [5.41, 5.74) is 1.11. The first-order valence-electron chi connectivity index (χ1n) is 8.87. The number of carbonyl (C=O) groups is 1. The van der Waals surface area contributed by atoms with Gasteiger partial charge >= 0.3 is 0 Å². The van der Waals surface area contributed by atoms with Gasteiger partial charge in [-0.15, -0.1) is 17.9 Å². The maximum absolute atomic E-state index is 12.9. The molecule has 0 fully saturated rings. The molecule has 0 saturated heterocycles. The Labute approximate surface area is 159 Å². The summed E-state index contributed by atoms with van der Waals surface area (Å²) in [5.74, 6) is 0.593. The van der Waals surface area contributed by atoms with Crippen molar-refractivity contribution in [2.75, 3.05) is 5.32 Å². The van der Waals surface area contributed by atoms with Crippen LogP contribution in [0.5, 0.6) is 0 Å². The lowest BCUT2D eigenvalue weighted by Crippen LogP contribution is -2.22. The van der Waals surface area contributed by atoms with E-state index < -0.39 is 5.91 Å². The van der Waals surface area contributed by atoms with E-state index in [-0.39, 0.29) is 22.2 Å². The van der Waals surface area contributed by atoms with Crippen molar-refractivity contribution in [1.82, 2.24) is 14.5 Å².